The van der Waals surface area contributed by atoms with E-state index in [1.165, 1.54) is 17.3 Å². The van der Waals surface area contributed by atoms with E-state index >= 15 is 0 Å². The van der Waals surface area contributed by atoms with E-state index in [2.05, 4.69) is 34.2 Å². The molecule has 0 aliphatic carbocycles. The number of anilines is 1. The van der Waals surface area contributed by atoms with Crippen molar-refractivity contribution in [3.8, 4) is 11.4 Å². The Morgan fingerprint density at radius 1 is 1.20 bits per heavy atom. The van der Waals surface area contributed by atoms with Crippen LogP contribution in [0.4, 0.5) is 5.69 Å². The third kappa shape index (κ3) is 4.09. The molecule has 3 aromatic rings. The smallest absolute Gasteiger partial charge is 0.189 e. The molecular weight excluding hydrogens is 332 g/mol. The number of nitrogen functional groups attached to an aromatic ring is 1. The maximum Gasteiger partial charge on any atom is 0.189 e. The molecular formula is C19H20N4OS. The van der Waals surface area contributed by atoms with Crippen molar-refractivity contribution in [2.24, 2.45) is 0 Å². The number of rotatable bonds is 6. The molecule has 0 bridgehead atoms. The Balaban J connectivity index is 1.71. The molecule has 128 valence electrons. The molecule has 3 N–H and O–H groups in total. The lowest BCUT2D eigenvalue weighted by molar-refractivity contribution is 0.0994. The number of benzene rings is 2. The molecule has 0 saturated carbocycles. The van der Waals surface area contributed by atoms with Gasteiger partial charge >= 0.3 is 0 Å². The molecule has 1 unspecified atom stereocenters. The van der Waals surface area contributed by atoms with Gasteiger partial charge in [0.15, 0.2) is 16.8 Å². The van der Waals surface area contributed by atoms with E-state index in [1.807, 2.05) is 19.1 Å². The van der Waals surface area contributed by atoms with E-state index in [-0.39, 0.29) is 11.0 Å². The van der Waals surface area contributed by atoms with Crippen molar-refractivity contribution in [3.63, 3.8) is 0 Å². The van der Waals surface area contributed by atoms with Crippen molar-refractivity contribution in [3.05, 3.63) is 59.7 Å². The van der Waals surface area contributed by atoms with Crippen molar-refractivity contribution >= 4 is 23.2 Å². The third-order valence-corrected chi connectivity index (χ3v) is 4.91. The molecule has 0 aliphatic heterocycles. The van der Waals surface area contributed by atoms with Gasteiger partial charge in [-0.1, -0.05) is 55.1 Å². The number of hydrogen-bond donors (Lipinski definition) is 2. The van der Waals surface area contributed by atoms with Crippen LogP contribution in [0.5, 0.6) is 0 Å². The van der Waals surface area contributed by atoms with Gasteiger partial charge < -0.3 is 10.7 Å². The molecule has 1 aromatic heterocycles. The molecule has 0 saturated heterocycles. The van der Waals surface area contributed by atoms with Crippen molar-refractivity contribution in [1.29, 1.82) is 0 Å². The molecule has 5 nitrogen and oxygen atoms in total. The Bertz CT molecular complexity index is 873. The van der Waals surface area contributed by atoms with E-state index < -0.39 is 0 Å². The highest BCUT2D eigenvalue weighted by molar-refractivity contribution is 8.00. The molecule has 3 rings (SSSR count). The maximum atomic E-state index is 12.5. The fraction of sp³-hybridized carbons (Fsp3) is 0.211. The normalized spacial score (nSPS) is 12.1. The van der Waals surface area contributed by atoms with Crippen LogP contribution in [0.3, 0.4) is 0 Å². The molecule has 1 atom stereocenters. The molecule has 25 heavy (non-hydrogen) atoms. The van der Waals surface area contributed by atoms with E-state index in [0.29, 0.717) is 22.2 Å². The largest absolute Gasteiger partial charge is 0.399 e. The second kappa shape index (κ2) is 7.53. The van der Waals surface area contributed by atoms with Crippen LogP contribution in [0, 0.1) is 0 Å². The van der Waals surface area contributed by atoms with Crippen molar-refractivity contribution in [1.82, 2.24) is 15.2 Å². The lowest BCUT2D eigenvalue weighted by Crippen LogP contribution is -2.13. The van der Waals surface area contributed by atoms with Crippen LogP contribution in [-0.2, 0) is 6.42 Å². The summed E-state index contributed by atoms with van der Waals surface area (Å²) in [6.07, 6.45) is 1.00. The quantitative estimate of drug-likeness (QED) is 0.398. The number of hydrogen-bond acceptors (Lipinski definition) is 5. The zero-order chi connectivity index (χ0) is 17.8. The second-order valence-electron chi connectivity index (χ2n) is 5.78. The summed E-state index contributed by atoms with van der Waals surface area (Å²) in [5, 5.41) is 8.67. The van der Waals surface area contributed by atoms with Gasteiger partial charge in [-0.25, -0.2) is 0 Å². The van der Waals surface area contributed by atoms with Crippen LogP contribution in [-0.4, -0.2) is 26.2 Å². The van der Waals surface area contributed by atoms with E-state index in [4.69, 9.17) is 5.73 Å². The van der Waals surface area contributed by atoms with Gasteiger partial charge in [-0.15, -0.1) is 10.2 Å². The number of Topliss-reactive ketones (excluding diaryl/α,β-unsaturated/α-hetero) is 1. The Hall–Kier alpha value is -2.60. The standard InChI is InChI=1S/C19H20N4OS/c1-3-13-7-9-14(10-8-13)18-21-19(23-22-18)25-12(2)17(24)15-5-4-6-16(20)11-15/h4-12H,3,20H2,1-2H3,(H,21,22,23). The first kappa shape index (κ1) is 17.2. The Morgan fingerprint density at radius 2 is 1.96 bits per heavy atom. The van der Waals surface area contributed by atoms with Gasteiger partial charge in [0, 0.05) is 16.8 Å². The predicted octanol–water partition coefficient (Wildman–Crippen LogP) is 3.98. The number of carbonyl (C=O) groups is 1. The highest BCUT2D eigenvalue weighted by Crippen LogP contribution is 2.25. The van der Waals surface area contributed by atoms with E-state index in [0.717, 1.165) is 12.0 Å². The summed E-state index contributed by atoms with van der Waals surface area (Å²) in [5.41, 5.74) is 9.20. The second-order valence-corrected chi connectivity index (χ2v) is 7.11. The molecule has 0 fully saturated rings. The van der Waals surface area contributed by atoms with Crippen molar-refractivity contribution in [2.45, 2.75) is 30.7 Å². The summed E-state index contributed by atoms with van der Waals surface area (Å²) in [7, 11) is 0. The number of aromatic amines is 1. The number of thioether (sulfide) groups is 1. The van der Waals surface area contributed by atoms with Crippen LogP contribution in [0.2, 0.25) is 0 Å². The highest BCUT2D eigenvalue weighted by atomic mass is 32.2. The molecule has 1 heterocycles. The number of aryl methyl sites for hydroxylation is 1. The van der Waals surface area contributed by atoms with Crippen molar-refractivity contribution < 1.29 is 4.79 Å². The zero-order valence-corrected chi connectivity index (χ0v) is 15.0. The first-order chi connectivity index (χ1) is 12.1. The SMILES string of the molecule is CCc1ccc(-c2nnc(SC(C)C(=O)c3cccc(N)c3)[nH]2)cc1. The van der Waals surface area contributed by atoms with Gasteiger partial charge in [-0.3, -0.25) is 4.79 Å². The topological polar surface area (TPSA) is 84.7 Å². The lowest BCUT2D eigenvalue weighted by atomic mass is 10.1. The number of nitrogens with two attached hydrogens (primary N) is 1. The van der Waals surface area contributed by atoms with Crippen LogP contribution < -0.4 is 5.73 Å². The maximum absolute atomic E-state index is 12.5. The summed E-state index contributed by atoms with van der Waals surface area (Å²) in [6, 6.07) is 15.2. The number of nitrogens with zero attached hydrogens (tertiary/aromatic N) is 2. The van der Waals surface area contributed by atoms with Crippen LogP contribution in [0.25, 0.3) is 11.4 Å². The first-order valence-corrected chi connectivity index (χ1v) is 9.03. The zero-order valence-electron chi connectivity index (χ0n) is 14.2. The van der Waals surface area contributed by atoms with E-state index in [1.54, 1.807) is 24.3 Å². The lowest BCUT2D eigenvalue weighted by Gasteiger charge is -2.08. The fourth-order valence-corrected chi connectivity index (χ4v) is 3.30. The molecule has 0 radical (unpaired) electrons. The number of carbonyl (C=O) groups excluding carboxylic acids is 1. The number of aromatic nitrogens is 3. The first-order valence-electron chi connectivity index (χ1n) is 8.15. The molecule has 0 amide bonds. The van der Waals surface area contributed by atoms with Gasteiger partial charge in [-0.05, 0) is 31.0 Å². The van der Waals surface area contributed by atoms with Crippen LogP contribution in [0.1, 0.15) is 29.8 Å². The fourth-order valence-electron chi connectivity index (χ4n) is 2.48. The summed E-state index contributed by atoms with van der Waals surface area (Å²) in [5.74, 6) is 0.719. The van der Waals surface area contributed by atoms with Crippen LogP contribution in [0.15, 0.2) is 53.7 Å². The minimum atomic E-state index is -0.287. The summed E-state index contributed by atoms with van der Waals surface area (Å²) >= 11 is 1.36. The van der Waals surface area contributed by atoms with Gasteiger partial charge in [-0.2, -0.15) is 0 Å². The average Bonchev–Trinajstić information content (AvgIpc) is 3.09. The third-order valence-electron chi connectivity index (χ3n) is 3.93. The minimum absolute atomic E-state index is 0.0162. The van der Waals surface area contributed by atoms with Gasteiger partial charge in [0.1, 0.15) is 0 Å². The van der Waals surface area contributed by atoms with Crippen molar-refractivity contribution in [2.75, 3.05) is 5.73 Å². The van der Waals surface area contributed by atoms with E-state index in [9.17, 15) is 4.79 Å². The minimum Gasteiger partial charge on any atom is -0.399 e. The Labute approximate surface area is 151 Å². The number of H-pyrrole nitrogens is 1. The molecule has 0 spiro atoms. The monoisotopic (exact) mass is 352 g/mol. The van der Waals surface area contributed by atoms with Gasteiger partial charge in [0.2, 0.25) is 0 Å². The Kier molecular flexibility index (Phi) is 5.19. The number of nitrogens with one attached hydrogen (secondary N) is 1. The molecule has 0 aliphatic rings. The summed E-state index contributed by atoms with van der Waals surface area (Å²) in [6.45, 7) is 3.98. The number of ketones is 1. The highest BCUT2D eigenvalue weighted by Gasteiger charge is 2.19. The van der Waals surface area contributed by atoms with Gasteiger partial charge in [0.25, 0.3) is 0 Å². The predicted molar refractivity (Wildman–Crippen MR) is 102 cm³/mol. The summed E-state index contributed by atoms with van der Waals surface area (Å²) < 4.78 is 0. The van der Waals surface area contributed by atoms with Gasteiger partial charge in [0.05, 0.1) is 5.25 Å². The van der Waals surface area contributed by atoms with Crippen LogP contribution >= 0.6 is 11.8 Å². The molecule has 6 heteroatoms. The molecule has 2 aromatic carbocycles. The summed E-state index contributed by atoms with van der Waals surface area (Å²) in [4.78, 5) is 15.7. The Morgan fingerprint density at radius 3 is 2.64 bits per heavy atom. The average molecular weight is 352 g/mol.